The van der Waals surface area contributed by atoms with Crippen LogP contribution in [0.4, 0.5) is 0 Å². The van der Waals surface area contributed by atoms with Gasteiger partial charge in [-0.25, -0.2) is 0 Å². The van der Waals surface area contributed by atoms with E-state index in [2.05, 4.69) is 6.58 Å². The maximum absolute atomic E-state index is 10.2. The molecule has 0 spiro atoms. The third-order valence-corrected chi connectivity index (χ3v) is 3.10. The van der Waals surface area contributed by atoms with Crippen molar-refractivity contribution in [2.45, 2.75) is 33.3 Å². The quantitative estimate of drug-likeness (QED) is 0.811. The number of hydrogen-bond donors (Lipinski definition) is 2. The molecule has 0 saturated heterocycles. The molecule has 1 rings (SSSR count). The molecule has 2 heteroatoms. The van der Waals surface area contributed by atoms with Gasteiger partial charge in [0.05, 0.1) is 6.10 Å². The van der Waals surface area contributed by atoms with Crippen molar-refractivity contribution < 1.29 is 10.2 Å². The van der Waals surface area contributed by atoms with E-state index in [0.717, 1.165) is 5.22 Å². The fourth-order valence-corrected chi connectivity index (χ4v) is 1.77. The predicted molar refractivity (Wildman–Crippen MR) is 67.3 cm³/mol. The van der Waals surface area contributed by atoms with Crippen molar-refractivity contribution in [3.05, 3.63) is 34.7 Å². The lowest BCUT2D eigenvalue weighted by molar-refractivity contribution is 0.0680. The van der Waals surface area contributed by atoms with Crippen LogP contribution in [0.15, 0.2) is 24.3 Å². The van der Waals surface area contributed by atoms with E-state index in [9.17, 15) is 10.2 Å². The molecule has 0 radical (unpaired) electrons. The molecule has 2 N–H and O–H groups in total. The van der Waals surface area contributed by atoms with Crippen LogP contribution in [0, 0.1) is 5.41 Å². The van der Waals surface area contributed by atoms with Gasteiger partial charge in [0.25, 0.3) is 0 Å². The summed E-state index contributed by atoms with van der Waals surface area (Å²) in [6, 6.07) is 7.40. The van der Waals surface area contributed by atoms with E-state index in [0.29, 0.717) is 11.6 Å². The van der Waals surface area contributed by atoms with Gasteiger partial charge in [0.1, 0.15) is 5.76 Å². The Balaban J connectivity index is 3.40. The lowest BCUT2D eigenvalue weighted by atomic mass is 9.82. The normalized spacial score (nSPS) is 15.8. The molecule has 0 aliphatic heterocycles. The number of aliphatic hydroxyl groups excluding tert-OH is 2. The highest BCUT2D eigenvalue weighted by Crippen LogP contribution is 2.30. The molecule has 1 aromatic rings. The van der Waals surface area contributed by atoms with E-state index in [1.54, 1.807) is 0 Å². The van der Waals surface area contributed by atoms with E-state index in [1.165, 1.54) is 0 Å². The second-order valence-corrected chi connectivity index (χ2v) is 4.65. The van der Waals surface area contributed by atoms with Crippen LogP contribution in [0.25, 0.3) is 12.3 Å². The van der Waals surface area contributed by atoms with Crippen molar-refractivity contribution >= 4 is 12.3 Å². The first kappa shape index (κ1) is 12.8. The summed E-state index contributed by atoms with van der Waals surface area (Å²) >= 11 is 0. The zero-order chi connectivity index (χ0) is 12.3. The molecule has 0 aliphatic carbocycles. The standard InChI is InChI=1S/C14H20O2/c1-5-12(15)14(3,4)13(16)11-9-7-6-8-10(11)2/h6-9,12,15-16H,2,5H2,1,3-4H3/b13-11+. The Bertz CT molecular complexity index is 460. The van der Waals surface area contributed by atoms with E-state index in [1.807, 2.05) is 45.0 Å². The SMILES string of the molecule is C=c1cccc/c1=C(\O)C(C)(C)C(O)CC. The highest BCUT2D eigenvalue weighted by Gasteiger charge is 2.31. The maximum atomic E-state index is 10.2. The molecule has 88 valence electrons. The Morgan fingerprint density at radius 3 is 2.44 bits per heavy atom. The van der Waals surface area contributed by atoms with E-state index >= 15 is 0 Å². The van der Waals surface area contributed by atoms with Crippen molar-refractivity contribution in [2.24, 2.45) is 5.41 Å². The smallest absolute Gasteiger partial charge is 0.108 e. The largest absolute Gasteiger partial charge is 0.511 e. The Morgan fingerprint density at radius 2 is 1.94 bits per heavy atom. The van der Waals surface area contributed by atoms with Crippen molar-refractivity contribution in [1.82, 2.24) is 0 Å². The lowest BCUT2D eigenvalue weighted by Gasteiger charge is -2.29. The third kappa shape index (κ3) is 2.27. The number of hydrogen-bond acceptors (Lipinski definition) is 2. The van der Waals surface area contributed by atoms with Crippen LogP contribution < -0.4 is 10.4 Å². The van der Waals surface area contributed by atoms with Crippen LogP contribution in [0.5, 0.6) is 0 Å². The summed E-state index contributed by atoms with van der Waals surface area (Å²) in [7, 11) is 0. The zero-order valence-electron chi connectivity index (χ0n) is 10.2. The highest BCUT2D eigenvalue weighted by molar-refractivity contribution is 5.43. The molecular formula is C14H20O2. The van der Waals surface area contributed by atoms with Crippen molar-refractivity contribution in [3.63, 3.8) is 0 Å². The summed E-state index contributed by atoms with van der Waals surface area (Å²) in [5.41, 5.74) is -0.650. The Hall–Kier alpha value is -1.28. The topological polar surface area (TPSA) is 40.5 Å². The van der Waals surface area contributed by atoms with Gasteiger partial charge in [-0.2, -0.15) is 0 Å². The fourth-order valence-electron chi connectivity index (χ4n) is 1.77. The minimum atomic E-state index is -0.650. The van der Waals surface area contributed by atoms with Crippen LogP contribution >= 0.6 is 0 Å². The molecule has 16 heavy (non-hydrogen) atoms. The lowest BCUT2D eigenvalue weighted by Crippen LogP contribution is -2.37. The van der Waals surface area contributed by atoms with Gasteiger partial charge in [0.2, 0.25) is 0 Å². The van der Waals surface area contributed by atoms with Crippen molar-refractivity contribution in [3.8, 4) is 0 Å². The van der Waals surface area contributed by atoms with Crippen LogP contribution in [0.3, 0.4) is 0 Å². The fraction of sp³-hybridized carbons (Fsp3) is 0.429. The van der Waals surface area contributed by atoms with Crippen LogP contribution in [-0.2, 0) is 0 Å². The summed E-state index contributed by atoms with van der Waals surface area (Å²) in [6.45, 7) is 9.45. The average molecular weight is 220 g/mol. The van der Waals surface area contributed by atoms with Gasteiger partial charge in [-0.3, -0.25) is 0 Å². The maximum Gasteiger partial charge on any atom is 0.108 e. The minimum Gasteiger partial charge on any atom is -0.511 e. The van der Waals surface area contributed by atoms with E-state index < -0.39 is 11.5 Å². The molecule has 0 amide bonds. The van der Waals surface area contributed by atoms with Crippen LogP contribution in [0.1, 0.15) is 27.2 Å². The average Bonchev–Trinajstić information content (AvgIpc) is 2.27. The number of rotatable bonds is 3. The summed E-state index contributed by atoms with van der Waals surface area (Å²) in [4.78, 5) is 0. The van der Waals surface area contributed by atoms with Gasteiger partial charge in [0.15, 0.2) is 0 Å². The molecule has 0 aromatic heterocycles. The van der Waals surface area contributed by atoms with Gasteiger partial charge in [0, 0.05) is 10.6 Å². The highest BCUT2D eigenvalue weighted by atomic mass is 16.3. The van der Waals surface area contributed by atoms with Crippen molar-refractivity contribution in [1.29, 1.82) is 0 Å². The predicted octanol–water partition coefficient (Wildman–Crippen LogP) is 1.56. The molecule has 0 heterocycles. The molecule has 0 aliphatic rings. The first-order valence-corrected chi connectivity index (χ1v) is 5.57. The van der Waals surface area contributed by atoms with Gasteiger partial charge in [-0.15, -0.1) is 0 Å². The minimum absolute atomic E-state index is 0.201. The Morgan fingerprint density at radius 1 is 1.38 bits per heavy atom. The number of aliphatic hydroxyl groups is 2. The van der Waals surface area contributed by atoms with Crippen LogP contribution in [-0.4, -0.2) is 16.3 Å². The van der Waals surface area contributed by atoms with E-state index in [-0.39, 0.29) is 5.76 Å². The van der Waals surface area contributed by atoms with Crippen LogP contribution in [0.2, 0.25) is 0 Å². The van der Waals surface area contributed by atoms with Gasteiger partial charge in [-0.1, -0.05) is 51.6 Å². The summed E-state index contributed by atoms with van der Waals surface area (Å²) in [6.07, 6.45) is 0.0446. The molecule has 0 saturated carbocycles. The summed E-state index contributed by atoms with van der Waals surface area (Å²) in [5.74, 6) is 0.201. The number of benzene rings is 1. The molecule has 1 aromatic carbocycles. The molecular weight excluding hydrogens is 200 g/mol. The zero-order valence-corrected chi connectivity index (χ0v) is 10.2. The summed E-state index contributed by atoms with van der Waals surface area (Å²) in [5, 5.41) is 21.6. The Kier molecular flexibility index (Phi) is 3.76. The molecule has 1 unspecified atom stereocenters. The summed E-state index contributed by atoms with van der Waals surface area (Å²) < 4.78 is 0. The molecule has 1 atom stereocenters. The molecule has 0 fully saturated rings. The Labute approximate surface area is 96.6 Å². The van der Waals surface area contributed by atoms with Crippen molar-refractivity contribution in [2.75, 3.05) is 0 Å². The first-order valence-electron chi connectivity index (χ1n) is 5.57. The van der Waals surface area contributed by atoms with Gasteiger partial charge >= 0.3 is 0 Å². The van der Waals surface area contributed by atoms with Gasteiger partial charge in [-0.05, 0) is 11.6 Å². The molecule has 2 nitrogen and oxygen atoms in total. The molecule has 0 bridgehead atoms. The first-order chi connectivity index (χ1) is 7.41. The second kappa shape index (κ2) is 4.71. The monoisotopic (exact) mass is 220 g/mol. The second-order valence-electron chi connectivity index (χ2n) is 4.65. The third-order valence-electron chi connectivity index (χ3n) is 3.10. The van der Waals surface area contributed by atoms with E-state index in [4.69, 9.17) is 0 Å². The van der Waals surface area contributed by atoms with Gasteiger partial charge < -0.3 is 10.2 Å².